The minimum atomic E-state index is -0.764. The van der Waals surface area contributed by atoms with Gasteiger partial charge in [0.1, 0.15) is 0 Å². The molecule has 0 fully saturated rings. The summed E-state index contributed by atoms with van der Waals surface area (Å²) in [5, 5.41) is 0. The van der Waals surface area contributed by atoms with Crippen LogP contribution in [0.1, 0.15) is 20.8 Å². The molecular formula is C6H18In2. The molecule has 0 aromatic rings. The van der Waals surface area contributed by atoms with Crippen LogP contribution < -0.4 is 0 Å². The van der Waals surface area contributed by atoms with E-state index in [1.807, 2.05) is 0 Å². The summed E-state index contributed by atoms with van der Waals surface area (Å²) in [7, 11) is 0. The van der Waals surface area contributed by atoms with E-state index in [0.29, 0.717) is 0 Å². The fourth-order valence-electron chi connectivity index (χ4n) is 0.866. The van der Waals surface area contributed by atoms with Gasteiger partial charge in [0.25, 0.3) is 0 Å². The van der Waals surface area contributed by atoms with Crippen molar-refractivity contribution in [1.29, 1.82) is 0 Å². The standard InChI is InChI=1S/3C2H5.2In.3H/c3*1-2;;;;;/h3*1H2,2H3;;;;;. The molecule has 0 aliphatic heterocycles. The second-order valence-electron chi connectivity index (χ2n) is 2.09. The molecule has 0 aliphatic rings. The van der Waals surface area contributed by atoms with Gasteiger partial charge in [0.05, 0.1) is 0 Å². The molecule has 0 nitrogen and oxygen atoms in total. The van der Waals surface area contributed by atoms with Crippen molar-refractivity contribution in [3.8, 4) is 0 Å². The van der Waals surface area contributed by atoms with Crippen LogP contribution in [0.5, 0.6) is 0 Å². The van der Waals surface area contributed by atoms with Crippen LogP contribution in [0, 0.1) is 0 Å². The van der Waals surface area contributed by atoms with Crippen molar-refractivity contribution in [1.82, 2.24) is 0 Å². The Hall–Kier alpha value is 1.74. The Kier molecular flexibility index (Phi) is 13.6. The molecule has 0 amide bonds. The normalized spacial score (nSPS) is 7.88. The van der Waals surface area contributed by atoms with Crippen molar-refractivity contribution in [2.24, 2.45) is 0 Å². The summed E-state index contributed by atoms with van der Waals surface area (Å²) in [6.45, 7) is 7.06. The first-order valence-electron chi connectivity index (χ1n) is 3.35. The summed E-state index contributed by atoms with van der Waals surface area (Å²) in [4.78, 5) is 0. The molecule has 0 rings (SSSR count). The molecule has 48 valence electrons. The zero-order chi connectivity index (χ0) is 5.70. The second kappa shape index (κ2) is 8.74. The Balaban J connectivity index is 0. The summed E-state index contributed by atoms with van der Waals surface area (Å²) in [5.74, 6) is 0. The third-order valence-corrected chi connectivity index (χ3v) is 11.6. The summed E-state index contributed by atoms with van der Waals surface area (Å²) in [5.41, 5.74) is 0. The Morgan fingerprint density at radius 3 is 1.12 bits per heavy atom. The van der Waals surface area contributed by atoms with E-state index in [2.05, 4.69) is 20.8 Å². The van der Waals surface area contributed by atoms with Gasteiger partial charge in [0.15, 0.2) is 0 Å². The van der Waals surface area contributed by atoms with E-state index >= 15 is 0 Å². The van der Waals surface area contributed by atoms with Crippen molar-refractivity contribution in [3.63, 3.8) is 0 Å². The van der Waals surface area contributed by atoms with Gasteiger partial charge in [-0.05, 0) is 0 Å². The van der Waals surface area contributed by atoms with Gasteiger partial charge in [-0.2, -0.15) is 0 Å². The van der Waals surface area contributed by atoms with Crippen molar-refractivity contribution in [2.75, 3.05) is 0 Å². The molecule has 0 spiro atoms. The SMILES string of the molecule is C[CH2][In]([CH2]C)[CH2]C.[InH3]. The molecule has 0 heterocycles. The first kappa shape index (κ1) is 12.4. The van der Waals surface area contributed by atoms with Crippen LogP contribution in [0.3, 0.4) is 0 Å². The predicted molar refractivity (Wildman–Crippen MR) is 47.1 cm³/mol. The van der Waals surface area contributed by atoms with Crippen LogP contribution in [0.15, 0.2) is 0 Å². The van der Waals surface area contributed by atoms with Gasteiger partial charge in [-0.1, -0.05) is 0 Å². The fourth-order valence-corrected chi connectivity index (χ4v) is 5.81. The van der Waals surface area contributed by atoms with Gasteiger partial charge >= 0.3 is 80.6 Å². The average Bonchev–Trinajstić information content (AvgIpc) is 1.72. The number of rotatable bonds is 3. The van der Waals surface area contributed by atoms with E-state index in [0.717, 1.165) is 0 Å². The van der Waals surface area contributed by atoms with E-state index in [4.69, 9.17) is 0 Å². The van der Waals surface area contributed by atoms with Gasteiger partial charge in [-0.25, -0.2) is 0 Å². The zero-order valence-corrected chi connectivity index (χ0v) is 8.99. The maximum absolute atomic E-state index is 2.35. The molecule has 0 aromatic heterocycles. The molecule has 0 aromatic carbocycles. The van der Waals surface area contributed by atoms with Crippen LogP contribution in [0.25, 0.3) is 0 Å². The van der Waals surface area contributed by atoms with Crippen LogP contribution in [0.4, 0.5) is 0 Å². The van der Waals surface area contributed by atoms with Crippen LogP contribution in [0.2, 0.25) is 12.5 Å². The number of hydrogen-bond acceptors (Lipinski definition) is 0. The van der Waals surface area contributed by atoms with E-state index in [1.165, 1.54) is 0 Å². The molecule has 8 heavy (non-hydrogen) atoms. The zero-order valence-electron chi connectivity index (χ0n) is 5.70. The monoisotopic (exact) mass is 320 g/mol. The van der Waals surface area contributed by atoms with Crippen molar-refractivity contribution in [2.45, 2.75) is 33.3 Å². The average molecular weight is 320 g/mol. The van der Waals surface area contributed by atoms with Crippen LogP contribution in [-0.2, 0) is 0 Å². The Bertz CT molecular complexity index is 28.0. The summed E-state index contributed by atoms with van der Waals surface area (Å²) < 4.78 is 4.69. The molecular weight excluding hydrogens is 302 g/mol. The molecule has 0 N–H and O–H groups in total. The van der Waals surface area contributed by atoms with E-state index in [-0.39, 0.29) is 25.8 Å². The molecule has 0 atom stereocenters. The Morgan fingerprint density at radius 2 is 1.12 bits per heavy atom. The molecule has 0 saturated heterocycles. The first-order chi connectivity index (χ1) is 3.35. The second-order valence-corrected chi connectivity index (χ2v) is 14.0. The first-order valence-corrected chi connectivity index (χ1v) is 10.3. The predicted octanol–water partition coefficient (Wildman–Crippen LogP) is 1.36. The summed E-state index contributed by atoms with van der Waals surface area (Å²) in [6, 6.07) is 0. The Labute approximate surface area is 79.7 Å². The van der Waals surface area contributed by atoms with Gasteiger partial charge in [0.2, 0.25) is 0 Å². The third kappa shape index (κ3) is 5.87. The molecule has 0 unspecified atom stereocenters. The van der Waals surface area contributed by atoms with E-state index in [9.17, 15) is 0 Å². The van der Waals surface area contributed by atoms with Crippen molar-refractivity contribution in [3.05, 3.63) is 0 Å². The maximum atomic E-state index is 2.35. The van der Waals surface area contributed by atoms with Crippen LogP contribution >= 0.6 is 0 Å². The number of hydrogen-bond donors (Lipinski definition) is 0. The molecule has 0 radical (unpaired) electrons. The van der Waals surface area contributed by atoms with Gasteiger partial charge in [-0.15, -0.1) is 0 Å². The van der Waals surface area contributed by atoms with Gasteiger partial charge in [-0.3, -0.25) is 0 Å². The van der Waals surface area contributed by atoms with Gasteiger partial charge in [0, 0.05) is 0 Å². The quantitative estimate of drug-likeness (QED) is 0.737. The summed E-state index contributed by atoms with van der Waals surface area (Å²) in [6.07, 6.45) is 0. The topological polar surface area (TPSA) is 0 Å². The third-order valence-electron chi connectivity index (χ3n) is 1.73. The molecule has 0 bridgehead atoms. The molecule has 0 aliphatic carbocycles. The van der Waals surface area contributed by atoms with E-state index < -0.39 is 21.4 Å². The van der Waals surface area contributed by atoms with E-state index in [1.54, 1.807) is 12.5 Å². The molecule has 0 saturated carbocycles. The van der Waals surface area contributed by atoms with Gasteiger partial charge < -0.3 is 0 Å². The minimum absolute atomic E-state index is 0. The fraction of sp³-hybridized carbons (Fsp3) is 1.00. The van der Waals surface area contributed by atoms with Crippen LogP contribution in [-0.4, -0.2) is 47.3 Å². The summed E-state index contributed by atoms with van der Waals surface area (Å²) >= 11 is -0.764. The van der Waals surface area contributed by atoms with Crippen molar-refractivity contribution >= 4 is 47.3 Å². The Morgan fingerprint density at radius 1 is 0.875 bits per heavy atom. The van der Waals surface area contributed by atoms with Crippen molar-refractivity contribution < 1.29 is 0 Å². The molecule has 2 heteroatoms.